The van der Waals surface area contributed by atoms with Crippen molar-refractivity contribution >= 4 is 32.3 Å². The zero-order valence-electron chi connectivity index (χ0n) is 21.2. The first-order valence-electron chi connectivity index (χ1n) is 11.5. The van der Waals surface area contributed by atoms with E-state index >= 15 is 0 Å². The molecule has 0 fully saturated rings. The van der Waals surface area contributed by atoms with Crippen LogP contribution in [0.2, 0.25) is 0 Å². The lowest BCUT2D eigenvalue weighted by atomic mass is 9.91. The van der Waals surface area contributed by atoms with Crippen molar-refractivity contribution in [3.8, 4) is 45.6 Å². The fraction of sp³-hybridized carbons (Fsp3) is 0.200. The van der Waals surface area contributed by atoms with Gasteiger partial charge in [-0.05, 0) is 85.9 Å². The minimum atomic E-state index is 0.663. The molecule has 0 saturated heterocycles. The van der Waals surface area contributed by atoms with Crippen LogP contribution in [0.25, 0.3) is 43.4 Å². The highest BCUT2D eigenvalue weighted by atomic mass is 16.5. The monoisotopic (exact) mass is 484 g/mol. The predicted octanol–water partition coefficient (Wildman–Crippen LogP) is 6.86. The number of hydrogen-bond acceptors (Lipinski definition) is 6. The second kappa shape index (κ2) is 9.38. The first-order chi connectivity index (χ1) is 17.6. The zero-order valence-corrected chi connectivity index (χ0v) is 21.2. The summed E-state index contributed by atoms with van der Waals surface area (Å²) in [6.07, 6.45) is 0. The summed E-state index contributed by atoms with van der Waals surface area (Å²) in [6, 6.07) is 20.5. The highest BCUT2D eigenvalue weighted by Crippen LogP contribution is 2.45. The number of methoxy groups -OCH3 is 6. The fourth-order valence-electron chi connectivity index (χ4n) is 4.85. The lowest BCUT2D eigenvalue weighted by Gasteiger charge is -2.17. The fourth-order valence-corrected chi connectivity index (χ4v) is 4.85. The molecule has 6 heteroatoms. The molecule has 0 aliphatic heterocycles. The molecule has 0 aliphatic rings. The normalized spacial score (nSPS) is 11.1. The van der Waals surface area contributed by atoms with Gasteiger partial charge >= 0.3 is 0 Å². The summed E-state index contributed by atoms with van der Waals surface area (Å²) in [5.74, 6) is 4.05. The molecule has 0 amide bonds. The maximum absolute atomic E-state index is 5.66. The first kappa shape index (κ1) is 23.4. The lowest BCUT2D eigenvalue weighted by molar-refractivity contribution is 0.355. The summed E-state index contributed by atoms with van der Waals surface area (Å²) in [4.78, 5) is 0. The minimum absolute atomic E-state index is 0.663. The molecule has 0 heterocycles. The van der Waals surface area contributed by atoms with E-state index in [-0.39, 0.29) is 0 Å². The van der Waals surface area contributed by atoms with Crippen molar-refractivity contribution in [3.05, 3.63) is 60.7 Å². The van der Waals surface area contributed by atoms with E-state index in [2.05, 4.69) is 18.2 Å². The molecule has 0 spiro atoms. The van der Waals surface area contributed by atoms with Gasteiger partial charge in [-0.1, -0.05) is 18.2 Å². The molecule has 0 aliphatic carbocycles. The van der Waals surface area contributed by atoms with E-state index in [0.29, 0.717) is 34.5 Å². The average Bonchev–Trinajstić information content (AvgIpc) is 2.94. The molecule has 0 atom stereocenters. The number of benzene rings is 5. The Kier molecular flexibility index (Phi) is 6.10. The molecule has 5 rings (SSSR count). The van der Waals surface area contributed by atoms with E-state index < -0.39 is 0 Å². The molecule has 5 aromatic carbocycles. The maximum Gasteiger partial charge on any atom is 0.161 e. The second-order valence-corrected chi connectivity index (χ2v) is 8.34. The molecule has 36 heavy (non-hydrogen) atoms. The number of fused-ring (bicyclic) bond motifs is 6. The van der Waals surface area contributed by atoms with Crippen molar-refractivity contribution in [2.45, 2.75) is 0 Å². The lowest BCUT2D eigenvalue weighted by Crippen LogP contribution is -1.94. The van der Waals surface area contributed by atoms with E-state index in [9.17, 15) is 0 Å². The predicted molar refractivity (Wildman–Crippen MR) is 144 cm³/mol. The van der Waals surface area contributed by atoms with E-state index in [1.54, 1.807) is 42.7 Å². The van der Waals surface area contributed by atoms with Crippen LogP contribution >= 0.6 is 0 Å². The van der Waals surface area contributed by atoms with Gasteiger partial charge in [-0.15, -0.1) is 0 Å². The van der Waals surface area contributed by atoms with Crippen LogP contribution in [0.15, 0.2) is 60.7 Å². The molecule has 184 valence electrons. The molecular formula is C30H28O6. The molecule has 0 bridgehead atoms. The van der Waals surface area contributed by atoms with Crippen molar-refractivity contribution in [1.82, 2.24) is 0 Å². The first-order valence-corrected chi connectivity index (χ1v) is 11.5. The Morgan fingerprint density at radius 2 is 0.639 bits per heavy atom. The maximum atomic E-state index is 5.66. The molecule has 6 nitrogen and oxygen atoms in total. The summed E-state index contributed by atoms with van der Waals surface area (Å²) in [5.41, 5.74) is 2.08. The molecule has 5 aromatic rings. The van der Waals surface area contributed by atoms with Crippen LogP contribution in [0.5, 0.6) is 34.5 Å². The smallest absolute Gasteiger partial charge is 0.161 e. The van der Waals surface area contributed by atoms with Gasteiger partial charge in [-0.25, -0.2) is 0 Å². The van der Waals surface area contributed by atoms with E-state index in [4.69, 9.17) is 28.4 Å². The van der Waals surface area contributed by atoms with Crippen molar-refractivity contribution in [2.75, 3.05) is 42.7 Å². The van der Waals surface area contributed by atoms with Crippen LogP contribution in [0, 0.1) is 0 Å². The third-order valence-electron chi connectivity index (χ3n) is 6.65. The standard InChI is InChI=1S/C30H28O6/c1-31-25-10-8-18(12-26(25)32-2)17-7-9-19-20(11-17)22-14-28(34-4)30(36-6)16-24(22)23-15-29(35-5)27(33-3)13-21(19)23/h7-16H,1-6H3. The summed E-state index contributed by atoms with van der Waals surface area (Å²) in [5, 5.41) is 6.34. The largest absolute Gasteiger partial charge is 0.493 e. The Hall–Kier alpha value is -4.32. The van der Waals surface area contributed by atoms with Crippen LogP contribution in [-0.4, -0.2) is 42.7 Å². The van der Waals surface area contributed by atoms with Gasteiger partial charge in [0.25, 0.3) is 0 Å². The van der Waals surface area contributed by atoms with Crippen LogP contribution in [0.3, 0.4) is 0 Å². The molecule has 0 unspecified atom stereocenters. The quantitative estimate of drug-likeness (QED) is 0.235. The Morgan fingerprint density at radius 1 is 0.306 bits per heavy atom. The van der Waals surface area contributed by atoms with Gasteiger partial charge in [0.15, 0.2) is 34.5 Å². The summed E-state index contributed by atoms with van der Waals surface area (Å²) in [6.45, 7) is 0. The Balaban J connectivity index is 1.90. The summed E-state index contributed by atoms with van der Waals surface area (Å²) >= 11 is 0. The number of rotatable bonds is 7. The highest BCUT2D eigenvalue weighted by molar-refractivity contribution is 6.26. The van der Waals surface area contributed by atoms with Gasteiger partial charge in [-0.2, -0.15) is 0 Å². The third-order valence-corrected chi connectivity index (χ3v) is 6.65. The van der Waals surface area contributed by atoms with Gasteiger partial charge in [0, 0.05) is 0 Å². The Morgan fingerprint density at radius 3 is 1.08 bits per heavy atom. The van der Waals surface area contributed by atoms with E-state index in [1.165, 1.54) is 0 Å². The molecule has 0 N–H and O–H groups in total. The van der Waals surface area contributed by atoms with Crippen LogP contribution in [-0.2, 0) is 0 Å². The van der Waals surface area contributed by atoms with Gasteiger partial charge < -0.3 is 28.4 Å². The van der Waals surface area contributed by atoms with Crippen LogP contribution in [0.4, 0.5) is 0 Å². The van der Waals surface area contributed by atoms with E-state index in [1.807, 2.05) is 42.5 Å². The van der Waals surface area contributed by atoms with Gasteiger partial charge in [0.1, 0.15) is 0 Å². The van der Waals surface area contributed by atoms with E-state index in [0.717, 1.165) is 43.4 Å². The van der Waals surface area contributed by atoms with Crippen LogP contribution in [0.1, 0.15) is 0 Å². The number of hydrogen-bond donors (Lipinski definition) is 0. The van der Waals surface area contributed by atoms with Crippen molar-refractivity contribution in [2.24, 2.45) is 0 Å². The summed E-state index contributed by atoms with van der Waals surface area (Å²) in [7, 11) is 9.86. The topological polar surface area (TPSA) is 55.4 Å². The third kappa shape index (κ3) is 3.66. The number of ether oxygens (including phenoxy) is 6. The van der Waals surface area contributed by atoms with Crippen LogP contribution < -0.4 is 28.4 Å². The molecule has 0 aromatic heterocycles. The Bertz CT molecular complexity index is 1610. The zero-order chi connectivity index (χ0) is 25.4. The second-order valence-electron chi connectivity index (χ2n) is 8.34. The van der Waals surface area contributed by atoms with Crippen molar-refractivity contribution < 1.29 is 28.4 Å². The van der Waals surface area contributed by atoms with Gasteiger partial charge in [0.2, 0.25) is 0 Å². The summed E-state index contributed by atoms with van der Waals surface area (Å²) < 4.78 is 33.5. The SMILES string of the molecule is COc1ccc(-c2ccc3c(c2)c2cc(OC)c(OC)cc2c2cc(OC)c(OC)cc32)cc1OC. The molecule has 0 saturated carbocycles. The minimum Gasteiger partial charge on any atom is -0.493 e. The van der Waals surface area contributed by atoms with Gasteiger partial charge in [-0.3, -0.25) is 0 Å². The van der Waals surface area contributed by atoms with Gasteiger partial charge in [0.05, 0.1) is 42.7 Å². The van der Waals surface area contributed by atoms with Crippen molar-refractivity contribution in [1.29, 1.82) is 0 Å². The average molecular weight is 485 g/mol. The highest BCUT2D eigenvalue weighted by Gasteiger charge is 2.17. The Labute approximate surface area is 209 Å². The molecular weight excluding hydrogens is 456 g/mol. The van der Waals surface area contributed by atoms with Crippen molar-refractivity contribution in [3.63, 3.8) is 0 Å². The molecule has 0 radical (unpaired) electrons.